The fraction of sp³-hybridized carbons (Fsp3) is 0.786. The molecule has 4 heteroatoms. The van der Waals surface area contributed by atoms with E-state index in [9.17, 15) is 4.79 Å². The number of carbonyl (C=O) groups is 1. The Kier molecular flexibility index (Phi) is 5.20. The van der Waals surface area contributed by atoms with Crippen molar-refractivity contribution < 1.29 is 9.53 Å². The molecule has 0 aromatic rings. The highest BCUT2D eigenvalue weighted by Crippen LogP contribution is 2.16. The van der Waals surface area contributed by atoms with Crippen LogP contribution in [0.15, 0.2) is 12.7 Å². The standard InChI is InChI=1S/C14H26N2O2/c1-6-8-11(7-2)15-12-9-16(10-12)13(17)18-14(3,4)5/h7,11-12,15H,2,6,8-10H2,1,3-5H3. The average molecular weight is 254 g/mol. The summed E-state index contributed by atoms with van der Waals surface area (Å²) in [6, 6.07) is 0.716. The summed E-state index contributed by atoms with van der Waals surface area (Å²) in [7, 11) is 0. The number of ether oxygens (including phenoxy) is 1. The molecule has 4 nitrogen and oxygen atoms in total. The summed E-state index contributed by atoms with van der Waals surface area (Å²) < 4.78 is 5.31. The molecule has 1 amide bonds. The Balaban J connectivity index is 2.27. The normalized spacial score (nSPS) is 18.1. The highest BCUT2D eigenvalue weighted by Gasteiger charge is 2.34. The fourth-order valence-corrected chi connectivity index (χ4v) is 1.94. The summed E-state index contributed by atoms with van der Waals surface area (Å²) in [6.07, 6.45) is 3.95. The molecule has 1 aliphatic rings. The molecular weight excluding hydrogens is 228 g/mol. The molecule has 1 atom stereocenters. The lowest BCUT2D eigenvalue weighted by atomic mass is 10.1. The zero-order chi connectivity index (χ0) is 13.8. The van der Waals surface area contributed by atoms with Gasteiger partial charge in [0.05, 0.1) is 0 Å². The third-order valence-corrected chi connectivity index (χ3v) is 2.87. The Bertz CT molecular complexity index is 291. The third kappa shape index (κ3) is 4.69. The number of nitrogens with one attached hydrogen (secondary N) is 1. The zero-order valence-corrected chi connectivity index (χ0v) is 12.0. The molecule has 1 heterocycles. The van der Waals surface area contributed by atoms with E-state index in [4.69, 9.17) is 4.74 Å². The predicted molar refractivity (Wildman–Crippen MR) is 73.6 cm³/mol. The molecule has 1 N–H and O–H groups in total. The van der Waals surface area contributed by atoms with Gasteiger partial charge in [-0.1, -0.05) is 19.4 Å². The minimum atomic E-state index is -0.415. The van der Waals surface area contributed by atoms with Gasteiger partial charge in [-0.2, -0.15) is 0 Å². The molecule has 0 aromatic heterocycles. The first-order chi connectivity index (χ1) is 8.35. The lowest BCUT2D eigenvalue weighted by molar-refractivity contribution is 0.00460. The molecule has 104 valence electrons. The lowest BCUT2D eigenvalue weighted by Gasteiger charge is -2.41. The van der Waals surface area contributed by atoms with Gasteiger partial charge in [0, 0.05) is 25.2 Å². The molecule has 1 aliphatic heterocycles. The van der Waals surface area contributed by atoms with Crippen LogP contribution in [0, 0.1) is 0 Å². The van der Waals surface area contributed by atoms with Crippen molar-refractivity contribution in [2.75, 3.05) is 13.1 Å². The van der Waals surface area contributed by atoms with Gasteiger partial charge in [-0.15, -0.1) is 6.58 Å². The van der Waals surface area contributed by atoms with E-state index in [0.717, 1.165) is 25.9 Å². The summed E-state index contributed by atoms with van der Waals surface area (Å²) in [6.45, 7) is 13.1. The summed E-state index contributed by atoms with van der Waals surface area (Å²) in [5.41, 5.74) is -0.415. The van der Waals surface area contributed by atoms with Crippen molar-refractivity contribution in [2.24, 2.45) is 0 Å². The first kappa shape index (κ1) is 15.0. The first-order valence-corrected chi connectivity index (χ1v) is 6.72. The highest BCUT2D eigenvalue weighted by molar-refractivity contribution is 5.69. The summed E-state index contributed by atoms with van der Waals surface area (Å²) >= 11 is 0. The molecule has 1 unspecified atom stereocenters. The quantitative estimate of drug-likeness (QED) is 0.767. The molecule has 18 heavy (non-hydrogen) atoms. The van der Waals surface area contributed by atoms with Crippen molar-refractivity contribution in [3.63, 3.8) is 0 Å². The maximum atomic E-state index is 11.7. The van der Waals surface area contributed by atoms with E-state index in [-0.39, 0.29) is 6.09 Å². The lowest BCUT2D eigenvalue weighted by Crippen LogP contribution is -2.62. The number of likely N-dealkylation sites (tertiary alicyclic amines) is 1. The summed E-state index contributed by atoms with van der Waals surface area (Å²) in [5, 5.41) is 3.48. The molecule has 1 fully saturated rings. The first-order valence-electron chi connectivity index (χ1n) is 6.72. The van der Waals surface area contributed by atoms with Crippen LogP contribution in [0.25, 0.3) is 0 Å². The molecule has 0 saturated carbocycles. The Labute approximate surface area is 110 Å². The monoisotopic (exact) mass is 254 g/mol. The van der Waals surface area contributed by atoms with Gasteiger partial charge < -0.3 is 15.0 Å². The van der Waals surface area contributed by atoms with Crippen molar-refractivity contribution in [2.45, 2.75) is 58.2 Å². The topological polar surface area (TPSA) is 41.6 Å². The Morgan fingerprint density at radius 1 is 1.56 bits per heavy atom. The Morgan fingerprint density at radius 2 is 2.17 bits per heavy atom. The third-order valence-electron chi connectivity index (χ3n) is 2.87. The maximum Gasteiger partial charge on any atom is 0.410 e. The number of nitrogens with zero attached hydrogens (tertiary/aromatic N) is 1. The highest BCUT2D eigenvalue weighted by atomic mass is 16.6. The van der Waals surface area contributed by atoms with Crippen LogP contribution in [-0.4, -0.2) is 41.8 Å². The van der Waals surface area contributed by atoms with Crippen LogP contribution in [0.4, 0.5) is 4.79 Å². The van der Waals surface area contributed by atoms with Crippen molar-refractivity contribution in [1.29, 1.82) is 0 Å². The number of hydrogen-bond acceptors (Lipinski definition) is 3. The molecular formula is C14H26N2O2. The van der Waals surface area contributed by atoms with Crippen LogP contribution in [0.5, 0.6) is 0 Å². The van der Waals surface area contributed by atoms with Gasteiger partial charge in [-0.05, 0) is 27.2 Å². The zero-order valence-electron chi connectivity index (χ0n) is 12.0. The van der Waals surface area contributed by atoms with Crippen LogP contribution in [0.3, 0.4) is 0 Å². The van der Waals surface area contributed by atoms with Gasteiger partial charge in [-0.25, -0.2) is 4.79 Å². The summed E-state index contributed by atoms with van der Waals surface area (Å²) in [4.78, 5) is 13.5. The van der Waals surface area contributed by atoms with Crippen molar-refractivity contribution in [3.05, 3.63) is 12.7 Å². The van der Waals surface area contributed by atoms with Gasteiger partial charge in [0.1, 0.15) is 5.60 Å². The molecule has 0 spiro atoms. The summed E-state index contributed by atoms with van der Waals surface area (Å²) in [5.74, 6) is 0. The van der Waals surface area contributed by atoms with Gasteiger partial charge >= 0.3 is 6.09 Å². The van der Waals surface area contributed by atoms with E-state index in [1.807, 2.05) is 26.8 Å². The second-order valence-corrected chi connectivity index (χ2v) is 5.88. The smallest absolute Gasteiger partial charge is 0.410 e. The van der Waals surface area contributed by atoms with E-state index >= 15 is 0 Å². The second kappa shape index (κ2) is 6.23. The SMILES string of the molecule is C=CC(CCC)NC1CN(C(=O)OC(C)(C)C)C1. The second-order valence-electron chi connectivity index (χ2n) is 5.88. The van der Waals surface area contributed by atoms with Crippen LogP contribution < -0.4 is 5.32 Å². The Hall–Kier alpha value is -1.03. The largest absolute Gasteiger partial charge is 0.444 e. The van der Waals surface area contributed by atoms with E-state index in [1.54, 1.807) is 4.90 Å². The van der Waals surface area contributed by atoms with E-state index in [2.05, 4.69) is 18.8 Å². The van der Waals surface area contributed by atoms with Gasteiger partial charge in [0.25, 0.3) is 0 Å². The molecule has 0 aliphatic carbocycles. The fourth-order valence-electron chi connectivity index (χ4n) is 1.94. The molecule has 1 rings (SSSR count). The minimum absolute atomic E-state index is 0.216. The molecule has 1 saturated heterocycles. The van der Waals surface area contributed by atoms with Gasteiger partial charge in [-0.3, -0.25) is 0 Å². The average Bonchev–Trinajstić information content (AvgIpc) is 2.18. The van der Waals surface area contributed by atoms with Crippen molar-refractivity contribution >= 4 is 6.09 Å². The van der Waals surface area contributed by atoms with Gasteiger partial charge in [0.2, 0.25) is 0 Å². The number of hydrogen-bond donors (Lipinski definition) is 1. The number of carbonyl (C=O) groups excluding carboxylic acids is 1. The Morgan fingerprint density at radius 3 is 2.61 bits per heavy atom. The van der Waals surface area contributed by atoms with E-state index in [1.165, 1.54) is 0 Å². The van der Waals surface area contributed by atoms with Crippen LogP contribution in [-0.2, 0) is 4.74 Å². The van der Waals surface area contributed by atoms with Crippen LogP contribution in [0.2, 0.25) is 0 Å². The maximum absolute atomic E-state index is 11.7. The molecule has 0 bridgehead atoms. The van der Waals surface area contributed by atoms with Crippen molar-refractivity contribution in [3.8, 4) is 0 Å². The molecule has 0 aromatic carbocycles. The van der Waals surface area contributed by atoms with Crippen molar-refractivity contribution in [1.82, 2.24) is 10.2 Å². The van der Waals surface area contributed by atoms with E-state index < -0.39 is 5.60 Å². The van der Waals surface area contributed by atoms with E-state index in [0.29, 0.717) is 12.1 Å². The van der Waals surface area contributed by atoms with Crippen LogP contribution in [0.1, 0.15) is 40.5 Å². The number of amides is 1. The van der Waals surface area contributed by atoms with Gasteiger partial charge in [0.15, 0.2) is 0 Å². The molecule has 0 radical (unpaired) electrons. The van der Waals surface area contributed by atoms with Crippen LogP contribution >= 0.6 is 0 Å². The number of rotatable bonds is 5. The predicted octanol–water partition coefficient (Wildman–Crippen LogP) is 2.55. The minimum Gasteiger partial charge on any atom is -0.444 e.